The Morgan fingerprint density at radius 1 is 1.47 bits per heavy atom. The van der Waals surface area contributed by atoms with Crippen molar-refractivity contribution in [3.8, 4) is 0 Å². The highest BCUT2D eigenvalue weighted by molar-refractivity contribution is 9.10. The van der Waals surface area contributed by atoms with Gasteiger partial charge in [-0.3, -0.25) is 0 Å². The van der Waals surface area contributed by atoms with Crippen molar-refractivity contribution in [1.82, 2.24) is 9.97 Å². The Bertz CT molecular complexity index is 361. The zero-order valence-corrected chi connectivity index (χ0v) is 11.4. The third-order valence-electron chi connectivity index (χ3n) is 3.04. The fourth-order valence-electron chi connectivity index (χ4n) is 2.04. The Morgan fingerprint density at radius 2 is 2.18 bits per heavy atom. The van der Waals surface area contributed by atoms with Crippen LogP contribution in [-0.2, 0) is 4.74 Å². The molecule has 1 unspecified atom stereocenters. The first-order valence-electron chi connectivity index (χ1n) is 5.79. The summed E-state index contributed by atoms with van der Waals surface area (Å²) in [7, 11) is 0. The van der Waals surface area contributed by atoms with Crippen LogP contribution in [0.3, 0.4) is 0 Å². The van der Waals surface area contributed by atoms with Gasteiger partial charge >= 0.3 is 0 Å². The predicted molar refractivity (Wildman–Crippen MR) is 70.8 cm³/mol. The molecule has 1 aromatic heterocycles. The van der Waals surface area contributed by atoms with Crippen molar-refractivity contribution in [3.05, 3.63) is 10.7 Å². The van der Waals surface area contributed by atoms with Gasteiger partial charge in [-0.05, 0) is 41.6 Å². The minimum Gasteiger partial charge on any atom is -0.383 e. The number of halogens is 1. The van der Waals surface area contributed by atoms with E-state index >= 15 is 0 Å². The van der Waals surface area contributed by atoms with Crippen molar-refractivity contribution in [1.29, 1.82) is 0 Å². The lowest BCUT2D eigenvalue weighted by Crippen LogP contribution is -2.31. The number of nitrogen functional groups attached to an aromatic ring is 1. The molecule has 1 aliphatic rings. The van der Waals surface area contributed by atoms with Gasteiger partial charge in [-0.2, -0.15) is 4.98 Å². The van der Waals surface area contributed by atoms with Gasteiger partial charge in [0.25, 0.3) is 0 Å². The van der Waals surface area contributed by atoms with Gasteiger partial charge in [-0.1, -0.05) is 0 Å². The standard InChI is InChI=1S/C11H17BrN4O/c1-7(8-2-4-17-5-3-8)14-11-15-9(12)6-10(13)16-11/h6-8H,2-5H2,1H3,(H3,13,14,15,16). The molecular formula is C11H17BrN4O. The van der Waals surface area contributed by atoms with E-state index in [2.05, 4.69) is 38.1 Å². The van der Waals surface area contributed by atoms with E-state index < -0.39 is 0 Å². The number of hydrogen-bond acceptors (Lipinski definition) is 5. The molecule has 94 valence electrons. The summed E-state index contributed by atoms with van der Waals surface area (Å²) in [4.78, 5) is 8.42. The van der Waals surface area contributed by atoms with Crippen LogP contribution in [0.5, 0.6) is 0 Å². The average Bonchev–Trinajstić information content (AvgIpc) is 2.28. The normalized spacial score (nSPS) is 18.9. The lowest BCUT2D eigenvalue weighted by Gasteiger charge is -2.28. The van der Waals surface area contributed by atoms with Crippen molar-refractivity contribution in [3.63, 3.8) is 0 Å². The van der Waals surface area contributed by atoms with Crippen LogP contribution in [0.2, 0.25) is 0 Å². The summed E-state index contributed by atoms with van der Waals surface area (Å²) >= 11 is 3.31. The largest absolute Gasteiger partial charge is 0.383 e. The van der Waals surface area contributed by atoms with Gasteiger partial charge in [0.15, 0.2) is 0 Å². The van der Waals surface area contributed by atoms with Gasteiger partial charge in [-0.25, -0.2) is 4.98 Å². The first kappa shape index (κ1) is 12.6. The highest BCUT2D eigenvalue weighted by Gasteiger charge is 2.21. The summed E-state index contributed by atoms with van der Waals surface area (Å²) in [5.74, 6) is 1.65. The van der Waals surface area contributed by atoms with Crippen molar-refractivity contribution in [2.45, 2.75) is 25.8 Å². The molecule has 1 fully saturated rings. The fourth-order valence-corrected chi connectivity index (χ4v) is 2.44. The molecule has 1 atom stereocenters. The molecule has 6 heteroatoms. The van der Waals surface area contributed by atoms with Gasteiger partial charge in [-0.15, -0.1) is 0 Å². The van der Waals surface area contributed by atoms with E-state index in [1.807, 2.05) is 0 Å². The number of nitrogens with zero attached hydrogens (tertiary/aromatic N) is 2. The maximum absolute atomic E-state index is 5.67. The SMILES string of the molecule is CC(Nc1nc(N)cc(Br)n1)C1CCOCC1. The van der Waals surface area contributed by atoms with Crippen molar-refractivity contribution >= 4 is 27.7 Å². The summed E-state index contributed by atoms with van der Waals surface area (Å²) in [5, 5.41) is 3.31. The predicted octanol–water partition coefficient (Wildman–Crippen LogP) is 2.05. The van der Waals surface area contributed by atoms with Crippen LogP contribution >= 0.6 is 15.9 Å². The third-order valence-corrected chi connectivity index (χ3v) is 3.45. The van der Waals surface area contributed by atoms with E-state index in [0.717, 1.165) is 26.1 Å². The van der Waals surface area contributed by atoms with Crippen LogP contribution in [0.4, 0.5) is 11.8 Å². The topological polar surface area (TPSA) is 73.1 Å². The minimum absolute atomic E-state index is 0.326. The van der Waals surface area contributed by atoms with E-state index in [9.17, 15) is 0 Å². The van der Waals surface area contributed by atoms with Gasteiger partial charge in [0.2, 0.25) is 5.95 Å². The quantitative estimate of drug-likeness (QED) is 0.836. The zero-order chi connectivity index (χ0) is 12.3. The second kappa shape index (κ2) is 5.64. The Morgan fingerprint density at radius 3 is 2.82 bits per heavy atom. The second-order valence-electron chi connectivity index (χ2n) is 4.32. The highest BCUT2D eigenvalue weighted by Crippen LogP contribution is 2.21. The Hall–Kier alpha value is -0.880. The van der Waals surface area contributed by atoms with Crippen LogP contribution in [0.15, 0.2) is 10.7 Å². The summed E-state index contributed by atoms with van der Waals surface area (Å²) in [5.41, 5.74) is 5.67. The van der Waals surface area contributed by atoms with E-state index in [1.165, 1.54) is 0 Å². The number of aromatic nitrogens is 2. The number of hydrogen-bond donors (Lipinski definition) is 2. The number of nitrogens with one attached hydrogen (secondary N) is 1. The molecule has 0 bridgehead atoms. The van der Waals surface area contributed by atoms with Crippen molar-refractivity contribution in [2.75, 3.05) is 24.3 Å². The van der Waals surface area contributed by atoms with Crippen molar-refractivity contribution < 1.29 is 4.74 Å². The molecule has 0 saturated carbocycles. The maximum Gasteiger partial charge on any atom is 0.225 e. The molecule has 0 radical (unpaired) electrons. The Balaban J connectivity index is 1.99. The molecule has 0 spiro atoms. The smallest absolute Gasteiger partial charge is 0.225 e. The van der Waals surface area contributed by atoms with Crippen molar-refractivity contribution in [2.24, 2.45) is 5.92 Å². The number of rotatable bonds is 3. The van der Waals surface area contributed by atoms with E-state index in [1.54, 1.807) is 6.07 Å². The van der Waals surface area contributed by atoms with E-state index in [-0.39, 0.29) is 0 Å². The summed E-state index contributed by atoms with van der Waals surface area (Å²) in [6.45, 7) is 3.84. The molecule has 2 rings (SSSR count). The molecule has 0 amide bonds. The Kier molecular flexibility index (Phi) is 4.17. The minimum atomic E-state index is 0.326. The molecule has 5 nitrogen and oxygen atoms in total. The van der Waals surface area contributed by atoms with E-state index in [4.69, 9.17) is 10.5 Å². The van der Waals surface area contributed by atoms with Crippen LogP contribution in [-0.4, -0.2) is 29.2 Å². The highest BCUT2D eigenvalue weighted by atomic mass is 79.9. The number of anilines is 2. The monoisotopic (exact) mass is 300 g/mol. The first-order valence-corrected chi connectivity index (χ1v) is 6.59. The van der Waals surface area contributed by atoms with E-state index in [0.29, 0.717) is 28.3 Å². The van der Waals surface area contributed by atoms with Crippen LogP contribution < -0.4 is 11.1 Å². The fraction of sp³-hybridized carbons (Fsp3) is 0.636. The summed E-state index contributed by atoms with van der Waals surface area (Å²) < 4.78 is 6.05. The van der Waals surface area contributed by atoms with Crippen LogP contribution in [0.1, 0.15) is 19.8 Å². The first-order chi connectivity index (χ1) is 8.15. The van der Waals surface area contributed by atoms with Crippen LogP contribution in [0.25, 0.3) is 0 Å². The molecule has 0 aliphatic carbocycles. The average molecular weight is 301 g/mol. The van der Waals surface area contributed by atoms with Gasteiger partial charge in [0.1, 0.15) is 10.4 Å². The molecule has 1 aromatic rings. The summed E-state index contributed by atoms with van der Waals surface area (Å²) in [6.07, 6.45) is 2.16. The zero-order valence-electron chi connectivity index (χ0n) is 9.82. The maximum atomic E-state index is 5.67. The summed E-state index contributed by atoms with van der Waals surface area (Å²) in [6, 6.07) is 2.01. The third kappa shape index (κ3) is 3.54. The molecule has 17 heavy (non-hydrogen) atoms. The molecule has 1 aliphatic heterocycles. The van der Waals surface area contributed by atoms with Gasteiger partial charge in [0, 0.05) is 25.3 Å². The lowest BCUT2D eigenvalue weighted by molar-refractivity contribution is 0.0621. The number of ether oxygens (including phenoxy) is 1. The molecule has 3 N–H and O–H groups in total. The van der Waals surface area contributed by atoms with Gasteiger partial charge < -0.3 is 15.8 Å². The molecule has 1 saturated heterocycles. The lowest BCUT2D eigenvalue weighted by atomic mass is 9.93. The second-order valence-corrected chi connectivity index (χ2v) is 5.13. The molecule has 0 aromatic carbocycles. The van der Waals surface area contributed by atoms with Gasteiger partial charge in [0.05, 0.1) is 0 Å². The van der Waals surface area contributed by atoms with Crippen LogP contribution in [0, 0.1) is 5.92 Å². The molecule has 2 heterocycles. The molecular weight excluding hydrogens is 284 g/mol. The Labute approximate surface area is 109 Å². The number of nitrogens with two attached hydrogens (primary N) is 1.